The summed E-state index contributed by atoms with van der Waals surface area (Å²) in [6.45, 7) is 9.07. The Balaban J connectivity index is 2.17. The van der Waals surface area contributed by atoms with Crippen molar-refractivity contribution in [2.75, 3.05) is 6.54 Å². The third kappa shape index (κ3) is 6.22. The first-order chi connectivity index (χ1) is 13.4. The molecule has 4 heteroatoms. The van der Waals surface area contributed by atoms with Crippen LogP contribution in [0, 0.1) is 13.8 Å². The lowest BCUT2D eigenvalue weighted by molar-refractivity contribution is -0.140. The Kier molecular flexibility index (Phi) is 8.24. The van der Waals surface area contributed by atoms with E-state index >= 15 is 0 Å². The van der Waals surface area contributed by atoms with Gasteiger partial charge >= 0.3 is 0 Å². The summed E-state index contributed by atoms with van der Waals surface area (Å²) in [5.74, 6) is -0.136. The second-order valence-electron chi connectivity index (χ2n) is 7.42. The third-order valence-corrected chi connectivity index (χ3v) is 5.12. The molecule has 0 heterocycles. The van der Waals surface area contributed by atoms with Crippen molar-refractivity contribution in [1.29, 1.82) is 0 Å². The van der Waals surface area contributed by atoms with E-state index in [0.29, 0.717) is 19.5 Å². The Morgan fingerprint density at radius 3 is 2.36 bits per heavy atom. The summed E-state index contributed by atoms with van der Waals surface area (Å²) in [6.07, 6.45) is 2.25. The number of carbonyl (C=O) groups excluding carboxylic acids is 2. The maximum Gasteiger partial charge on any atom is 0.242 e. The molecule has 0 aromatic heterocycles. The fraction of sp³-hybridized carbons (Fsp3) is 0.417. The third-order valence-electron chi connectivity index (χ3n) is 5.12. The van der Waals surface area contributed by atoms with E-state index in [4.69, 9.17) is 0 Å². The maximum atomic E-state index is 13.1. The summed E-state index contributed by atoms with van der Waals surface area (Å²) in [5, 5.41) is 2.95. The van der Waals surface area contributed by atoms with Gasteiger partial charge < -0.3 is 10.2 Å². The molecule has 150 valence electrons. The molecular weight excluding hydrogens is 348 g/mol. The first-order valence-corrected chi connectivity index (χ1v) is 10.1. The molecule has 0 bridgehead atoms. The molecule has 4 nitrogen and oxygen atoms in total. The van der Waals surface area contributed by atoms with Crippen LogP contribution < -0.4 is 5.32 Å². The van der Waals surface area contributed by atoms with Crippen LogP contribution in [0.1, 0.15) is 48.9 Å². The smallest absolute Gasteiger partial charge is 0.242 e. The monoisotopic (exact) mass is 380 g/mol. The van der Waals surface area contributed by atoms with E-state index in [9.17, 15) is 9.59 Å². The van der Waals surface area contributed by atoms with Crippen LogP contribution in [0.25, 0.3) is 0 Å². The number of unbranched alkanes of at least 4 members (excludes halogenated alkanes) is 1. The van der Waals surface area contributed by atoms with E-state index in [1.165, 1.54) is 11.1 Å². The Labute approximate surface area is 169 Å². The van der Waals surface area contributed by atoms with Crippen molar-refractivity contribution in [2.24, 2.45) is 0 Å². The Morgan fingerprint density at radius 2 is 1.71 bits per heavy atom. The van der Waals surface area contributed by atoms with Crippen LogP contribution in [-0.2, 0) is 22.6 Å². The van der Waals surface area contributed by atoms with Gasteiger partial charge in [-0.05, 0) is 49.4 Å². The van der Waals surface area contributed by atoms with Gasteiger partial charge in [0.15, 0.2) is 0 Å². The number of amides is 2. The van der Waals surface area contributed by atoms with Crippen molar-refractivity contribution < 1.29 is 9.59 Å². The predicted molar refractivity (Wildman–Crippen MR) is 114 cm³/mol. The quantitative estimate of drug-likeness (QED) is 0.664. The van der Waals surface area contributed by atoms with E-state index < -0.39 is 6.04 Å². The number of benzene rings is 2. The van der Waals surface area contributed by atoms with Crippen molar-refractivity contribution in [2.45, 2.75) is 59.5 Å². The molecule has 0 saturated heterocycles. The standard InChI is InChI=1S/C24H32N2O2/c1-5-6-14-25-24(28)20(4)26(17-21-10-8-7-9-11-21)23(27)16-22-13-12-18(2)19(3)15-22/h7-13,15,20H,5-6,14,16-17H2,1-4H3,(H,25,28). The number of nitrogens with zero attached hydrogens (tertiary/aromatic N) is 1. The Bertz CT molecular complexity index is 786. The fourth-order valence-electron chi connectivity index (χ4n) is 3.09. The van der Waals surface area contributed by atoms with Crippen molar-refractivity contribution in [3.63, 3.8) is 0 Å². The van der Waals surface area contributed by atoms with Crippen LogP contribution >= 0.6 is 0 Å². The Morgan fingerprint density at radius 1 is 1.00 bits per heavy atom. The molecular formula is C24H32N2O2. The van der Waals surface area contributed by atoms with Crippen LogP contribution in [-0.4, -0.2) is 29.3 Å². The van der Waals surface area contributed by atoms with Gasteiger partial charge in [-0.25, -0.2) is 0 Å². The first-order valence-electron chi connectivity index (χ1n) is 10.1. The molecule has 1 atom stereocenters. The van der Waals surface area contributed by atoms with Gasteiger partial charge in [0.25, 0.3) is 0 Å². The minimum atomic E-state index is -0.517. The van der Waals surface area contributed by atoms with Gasteiger partial charge in [-0.3, -0.25) is 9.59 Å². The molecule has 0 fully saturated rings. The van der Waals surface area contributed by atoms with Crippen LogP contribution in [0.5, 0.6) is 0 Å². The zero-order valence-electron chi connectivity index (χ0n) is 17.5. The van der Waals surface area contributed by atoms with Gasteiger partial charge in [0.2, 0.25) is 11.8 Å². The summed E-state index contributed by atoms with van der Waals surface area (Å²) in [7, 11) is 0. The highest BCUT2D eigenvalue weighted by Gasteiger charge is 2.26. The number of aryl methyl sites for hydroxylation is 2. The van der Waals surface area contributed by atoms with Crippen molar-refractivity contribution >= 4 is 11.8 Å². The summed E-state index contributed by atoms with van der Waals surface area (Å²) < 4.78 is 0. The normalized spacial score (nSPS) is 11.7. The van der Waals surface area contributed by atoms with Gasteiger partial charge in [0.05, 0.1) is 6.42 Å². The minimum absolute atomic E-state index is 0.0368. The minimum Gasteiger partial charge on any atom is -0.354 e. The van der Waals surface area contributed by atoms with Crippen molar-refractivity contribution in [3.8, 4) is 0 Å². The van der Waals surface area contributed by atoms with Crippen LogP contribution in [0.4, 0.5) is 0 Å². The van der Waals surface area contributed by atoms with Crippen LogP contribution in [0.2, 0.25) is 0 Å². The second-order valence-corrected chi connectivity index (χ2v) is 7.42. The van der Waals surface area contributed by atoms with E-state index in [-0.39, 0.29) is 11.8 Å². The highest BCUT2D eigenvalue weighted by Crippen LogP contribution is 2.15. The number of carbonyl (C=O) groups is 2. The highest BCUT2D eigenvalue weighted by molar-refractivity contribution is 5.88. The zero-order valence-corrected chi connectivity index (χ0v) is 17.5. The molecule has 0 radical (unpaired) electrons. The van der Waals surface area contributed by atoms with E-state index in [1.807, 2.05) is 49.4 Å². The highest BCUT2D eigenvalue weighted by atomic mass is 16.2. The molecule has 1 N–H and O–H groups in total. The second kappa shape index (κ2) is 10.6. The van der Waals surface area contributed by atoms with Gasteiger partial charge in [0, 0.05) is 13.1 Å². The van der Waals surface area contributed by atoms with Crippen LogP contribution in [0.3, 0.4) is 0 Å². The summed E-state index contributed by atoms with van der Waals surface area (Å²) in [5.41, 5.74) is 4.38. The van der Waals surface area contributed by atoms with Crippen LogP contribution in [0.15, 0.2) is 48.5 Å². The van der Waals surface area contributed by atoms with Gasteiger partial charge in [-0.1, -0.05) is 61.9 Å². The summed E-state index contributed by atoms with van der Waals surface area (Å²) >= 11 is 0. The molecule has 28 heavy (non-hydrogen) atoms. The zero-order chi connectivity index (χ0) is 20.5. The van der Waals surface area contributed by atoms with Gasteiger partial charge in [-0.2, -0.15) is 0 Å². The van der Waals surface area contributed by atoms with Gasteiger partial charge in [-0.15, -0.1) is 0 Å². The molecule has 1 unspecified atom stereocenters. The molecule has 0 aliphatic rings. The molecule has 0 aliphatic carbocycles. The molecule has 0 aliphatic heterocycles. The molecule has 2 aromatic carbocycles. The molecule has 0 saturated carbocycles. The summed E-state index contributed by atoms with van der Waals surface area (Å²) in [4.78, 5) is 27.4. The van der Waals surface area contributed by atoms with Crippen molar-refractivity contribution in [3.05, 3.63) is 70.8 Å². The lowest BCUT2D eigenvalue weighted by atomic mass is 10.0. The number of hydrogen-bond donors (Lipinski definition) is 1. The number of nitrogens with one attached hydrogen (secondary N) is 1. The number of rotatable bonds is 9. The molecule has 0 spiro atoms. The molecule has 2 amide bonds. The summed E-state index contributed by atoms with van der Waals surface area (Å²) in [6, 6.07) is 15.4. The SMILES string of the molecule is CCCCNC(=O)C(C)N(Cc1ccccc1)C(=O)Cc1ccc(C)c(C)c1. The maximum absolute atomic E-state index is 13.1. The fourth-order valence-corrected chi connectivity index (χ4v) is 3.09. The predicted octanol–water partition coefficient (Wildman–Crippen LogP) is 4.18. The van der Waals surface area contributed by atoms with E-state index in [1.54, 1.807) is 4.90 Å². The lowest BCUT2D eigenvalue weighted by Gasteiger charge is -2.29. The Hall–Kier alpha value is -2.62. The largest absolute Gasteiger partial charge is 0.354 e. The van der Waals surface area contributed by atoms with Crippen molar-refractivity contribution in [1.82, 2.24) is 10.2 Å². The average molecular weight is 381 g/mol. The van der Waals surface area contributed by atoms with Gasteiger partial charge in [0.1, 0.15) is 6.04 Å². The number of hydrogen-bond acceptors (Lipinski definition) is 2. The topological polar surface area (TPSA) is 49.4 Å². The van der Waals surface area contributed by atoms with E-state index in [0.717, 1.165) is 24.0 Å². The molecule has 2 aromatic rings. The lowest BCUT2D eigenvalue weighted by Crippen LogP contribution is -2.48. The van der Waals surface area contributed by atoms with E-state index in [2.05, 4.69) is 32.2 Å². The average Bonchev–Trinajstić information content (AvgIpc) is 2.69. The first kappa shape index (κ1) is 21.7. The molecule has 2 rings (SSSR count).